The van der Waals surface area contributed by atoms with Gasteiger partial charge in [0.15, 0.2) is 0 Å². The van der Waals surface area contributed by atoms with Crippen molar-refractivity contribution in [2.75, 3.05) is 0 Å². The van der Waals surface area contributed by atoms with Gasteiger partial charge in [-0.3, -0.25) is 4.68 Å². The van der Waals surface area contributed by atoms with Crippen molar-refractivity contribution < 1.29 is 5.11 Å². The van der Waals surface area contributed by atoms with E-state index < -0.39 is 0 Å². The Kier molecular flexibility index (Phi) is 4.81. The number of aryl methyl sites for hydroxylation is 2. The fourth-order valence-corrected chi connectivity index (χ4v) is 3.23. The third-order valence-corrected chi connectivity index (χ3v) is 4.56. The second-order valence-corrected chi connectivity index (χ2v) is 5.75. The fourth-order valence-electron chi connectivity index (χ4n) is 3.23. The van der Waals surface area contributed by atoms with Crippen molar-refractivity contribution >= 4 is 0 Å². The first-order chi connectivity index (χ1) is 8.70. The third kappa shape index (κ3) is 3.35. The van der Waals surface area contributed by atoms with Gasteiger partial charge in [0.25, 0.3) is 0 Å². The number of rotatable bonds is 5. The molecule has 3 atom stereocenters. The van der Waals surface area contributed by atoms with Crippen molar-refractivity contribution in [3.8, 4) is 0 Å². The lowest BCUT2D eigenvalue weighted by molar-refractivity contribution is 0.0614. The van der Waals surface area contributed by atoms with Gasteiger partial charge in [-0.1, -0.05) is 26.2 Å². The minimum absolute atomic E-state index is 0.130. The van der Waals surface area contributed by atoms with E-state index in [1.165, 1.54) is 37.8 Å². The monoisotopic (exact) mass is 250 g/mol. The molecule has 3 heteroatoms. The number of aliphatic hydroxyl groups excluding tert-OH is 1. The lowest BCUT2D eigenvalue weighted by Gasteiger charge is -2.31. The normalized spacial score (nSPS) is 26.2. The molecule has 0 aromatic carbocycles. The third-order valence-electron chi connectivity index (χ3n) is 4.56. The summed E-state index contributed by atoms with van der Waals surface area (Å²) < 4.78 is 1.91. The fraction of sp³-hybridized carbons (Fsp3) is 0.800. The first-order valence-electron chi connectivity index (χ1n) is 7.35. The molecule has 1 aromatic rings. The van der Waals surface area contributed by atoms with Crippen LogP contribution in [0, 0.1) is 11.8 Å². The molecule has 0 saturated heterocycles. The Morgan fingerprint density at radius 3 is 3.00 bits per heavy atom. The maximum absolute atomic E-state index is 10.3. The van der Waals surface area contributed by atoms with Gasteiger partial charge in [-0.05, 0) is 43.6 Å². The maximum Gasteiger partial charge on any atom is 0.0572 e. The molecule has 1 N–H and O–H groups in total. The van der Waals surface area contributed by atoms with Crippen LogP contribution in [0.2, 0.25) is 0 Å². The quantitative estimate of drug-likeness (QED) is 0.872. The first kappa shape index (κ1) is 13.6. The van der Waals surface area contributed by atoms with Gasteiger partial charge < -0.3 is 5.11 Å². The van der Waals surface area contributed by atoms with Gasteiger partial charge in [0.1, 0.15) is 0 Å². The number of hydrogen-bond acceptors (Lipinski definition) is 2. The van der Waals surface area contributed by atoms with Gasteiger partial charge in [-0.15, -0.1) is 0 Å². The summed E-state index contributed by atoms with van der Waals surface area (Å²) in [5.41, 5.74) is 1.22. The Morgan fingerprint density at radius 2 is 2.33 bits per heavy atom. The molecule has 1 aliphatic carbocycles. The van der Waals surface area contributed by atoms with Gasteiger partial charge in [0, 0.05) is 18.9 Å². The predicted octanol–water partition coefficient (Wildman–Crippen LogP) is 2.93. The Balaban J connectivity index is 1.80. The van der Waals surface area contributed by atoms with Crippen LogP contribution in [0.1, 0.15) is 51.1 Å². The van der Waals surface area contributed by atoms with E-state index in [1.807, 2.05) is 24.0 Å². The molecule has 1 saturated carbocycles. The molecule has 3 nitrogen and oxygen atoms in total. The van der Waals surface area contributed by atoms with E-state index in [0.717, 1.165) is 18.8 Å². The number of nitrogens with zero attached hydrogens (tertiary/aromatic N) is 2. The first-order valence-corrected chi connectivity index (χ1v) is 7.35. The van der Waals surface area contributed by atoms with Crippen LogP contribution in [0.4, 0.5) is 0 Å². The summed E-state index contributed by atoms with van der Waals surface area (Å²) in [4.78, 5) is 0. The topological polar surface area (TPSA) is 38.1 Å². The van der Waals surface area contributed by atoms with Gasteiger partial charge in [-0.25, -0.2) is 0 Å². The van der Waals surface area contributed by atoms with Crippen LogP contribution >= 0.6 is 0 Å². The number of hydrogen-bond donors (Lipinski definition) is 1. The molecule has 0 amide bonds. The lowest BCUT2D eigenvalue weighted by Crippen LogP contribution is -2.27. The van der Waals surface area contributed by atoms with Crippen molar-refractivity contribution in [1.82, 2.24) is 9.78 Å². The smallest absolute Gasteiger partial charge is 0.0572 e. The summed E-state index contributed by atoms with van der Waals surface area (Å²) in [6.45, 7) is 2.27. The molecule has 0 aliphatic heterocycles. The molecular weight excluding hydrogens is 224 g/mol. The molecule has 3 unspecified atom stereocenters. The Hall–Kier alpha value is -0.830. The Labute approximate surface area is 110 Å². The molecule has 18 heavy (non-hydrogen) atoms. The van der Waals surface area contributed by atoms with Crippen LogP contribution in [-0.4, -0.2) is 21.0 Å². The highest BCUT2D eigenvalue weighted by molar-refractivity contribution is 5.00. The van der Waals surface area contributed by atoms with Crippen molar-refractivity contribution in [3.05, 3.63) is 18.0 Å². The van der Waals surface area contributed by atoms with E-state index in [4.69, 9.17) is 0 Å². The largest absolute Gasteiger partial charge is 0.393 e. The maximum atomic E-state index is 10.3. The summed E-state index contributed by atoms with van der Waals surface area (Å²) in [6.07, 6.45) is 9.88. The van der Waals surface area contributed by atoms with Crippen LogP contribution < -0.4 is 0 Å². The second-order valence-electron chi connectivity index (χ2n) is 5.75. The van der Waals surface area contributed by atoms with Gasteiger partial charge in [0.05, 0.1) is 6.10 Å². The van der Waals surface area contributed by atoms with Crippen molar-refractivity contribution in [2.24, 2.45) is 18.9 Å². The van der Waals surface area contributed by atoms with Crippen LogP contribution in [0.5, 0.6) is 0 Å². The molecule has 102 valence electrons. The number of aromatic nitrogens is 2. The predicted molar refractivity (Wildman–Crippen MR) is 73.3 cm³/mol. The Bertz CT molecular complexity index is 361. The van der Waals surface area contributed by atoms with E-state index in [-0.39, 0.29) is 6.10 Å². The molecule has 1 fully saturated rings. The van der Waals surface area contributed by atoms with Crippen LogP contribution in [-0.2, 0) is 13.5 Å². The zero-order valence-electron chi connectivity index (χ0n) is 11.7. The summed E-state index contributed by atoms with van der Waals surface area (Å²) in [5, 5.41) is 14.5. The zero-order chi connectivity index (χ0) is 13.0. The highest BCUT2D eigenvalue weighted by Gasteiger charge is 2.26. The number of aliphatic hydroxyl groups is 1. The lowest BCUT2D eigenvalue weighted by atomic mass is 9.77. The minimum Gasteiger partial charge on any atom is -0.393 e. The summed E-state index contributed by atoms with van der Waals surface area (Å²) >= 11 is 0. The van der Waals surface area contributed by atoms with Gasteiger partial charge in [-0.2, -0.15) is 5.10 Å². The standard InChI is InChI=1S/C15H26N2O/c1-3-12-5-4-6-13(11-12)15(18)8-7-14-9-10-16-17(14)2/h9-10,12-13,15,18H,3-8,11H2,1-2H3. The molecule has 1 aromatic heterocycles. The van der Waals surface area contributed by atoms with E-state index >= 15 is 0 Å². The van der Waals surface area contributed by atoms with E-state index in [1.54, 1.807) is 0 Å². The highest BCUT2D eigenvalue weighted by atomic mass is 16.3. The molecule has 0 bridgehead atoms. The van der Waals surface area contributed by atoms with Crippen LogP contribution in [0.15, 0.2) is 12.3 Å². The SMILES string of the molecule is CCC1CCCC(C(O)CCc2ccnn2C)C1. The summed E-state index contributed by atoms with van der Waals surface area (Å²) in [5.74, 6) is 1.37. The molecule has 0 radical (unpaired) electrons. The van der Waals surface area contributed by atoms with Crippen molar-refractivity contribution in [1.29, 1.82) is 0 Å². The molecule has 0 spiro atoms. The van der Waals surface area contributed by atoms with Crippen LogP contribution in [0.25, 0.3) is 0 Å². The average Bonchev–Trinajstić information content (AvgIpc) is 2.81. The van der Waals surface area contributed by atoms with Gasteiger partial charge in [0.2, 0.25) is 0 Å². The molecular formula is C15H26N2O. The second kappa shape index (κ2) is 6.37. The van der Waals surface area contributed by atoms with Crippen molar-refractivity contribution in [3.63, 3.8) is 0 Å². The summed E-state index contributed by atoms with van der Waals surface area (Å²) in [6, 6.07) is 2.04. The Morgan fingerprint density at radius 1 is 1.50 bits per heavy atom. The van der Waals surface area contributed by atoms with Crippen molar-refractivity contribution in [2.45, 2.75) is 58.0 Å². The zero-order valence-corrected chi connectivity index (χ0v) is 11.7. The van der Waals surface area contributed by atoms with E-state index in [9.17, 15) is 5.11 Å². The molecule has 1 aliphatic rings. The average molecular weight is 250 g/mol. The highest BCUT2D eigenvalue weighted by Crippen LogP contribution is 2.33. The molecule has 1 heterocycles. The molecule has 2 rings (SSSR count). The minimum atomic E-state index is -0.130. The summed E-state index contributed by atoms with van der Waals surface area (Å²) in [7, 11) is 1.97. The van der Waals surface area contributed by atoms with E-state index in [2.05, 4.69) is 12.0 Å². The van der Waals surface area contributed by atoms with E-state index in [0.29, 0.717) is 5.92 Å². The van der Waals surface area contributed by atoms with Gasteiger partial charge >= 0.3 is 0 Å². The van der Waals surface area contributed by atoms with Crippen LogP contribution in [0.3, 0.4) is 0 Å².